The molecule has 1 heterocycles. The van der Waals surface area contributed by atoms with Crippen LogP contribution >= 0.6 is 0 Å². The van der Waals surface area contributed by atoms with E-state index in [0.717, 1.165) is 47.6 Å². The van der Waals surface area contributed by atoms with Crippen LogP contribution in [0.4, 0.5) is 0 Å². The molecule has 0 saturated carbocycles. The lowest BCUT2D eigenvalue weighted by molar-refractivity contribution is 0.0170. The van der Waals surface area contributed by atoms with E-state index < -0.39 is 8.32 Å². The van der Waals surface area contributed by atoms with Crippen molar-refractivity contribution in [2.75, 3.05) is 0 Å². The minimum atomic E-state index is -2.78. The largest absolute Gasteiger partial charge is 0.534 e. The maximum Gasteiger partial charge on any atom is 0.319 e. The molecule has 1 atom stereocenters. The molecule has 0 amide bonds. The third-order valence-corrected chi connectivity index (χ3v) is 14.2. The topological polar surface area (TPSA) is 44.5 Å². The van der Waals surface area contributed by atoms with Gasteiger partial charge in [0, 0.05) is 11.1 Å². The second kappa shape index (κ2) is 13.2. The molecular weight excluding hydrogens is 595 g/mol. The van der Waals surface area contributed by atoms with Crippen molar-refractivity contribution in [2.45, 2.75) is 57.8 Å². The van der Waals surface area contributed by atoms with Gasteiger partial charge in [0.1, 0.15) is 18.1 Å². The van der Waals surface area contributed by atoms with Crippen molar-refractivity contribution in [1.29, 1.82) is 0 Å². The van der Waals surface area contributed by atoms with Crippen molar-refractivity contribution in [1.82, 2.24) is 4.98 Å². The van der Waals surface area contributed by atoms with Gasteiger partial charge in [0.15, 0.2) is 5.76 Å². The standard InChI is InChI=1S/C42H41NO3Si/c1-42(2,3)47(33-22-12-6-13-23-33,34-24-14-7-15-25-34)46-38-29-17-26-35-36(38)27-16-28-37(35)44-30-39-43-40(31-18-8-4-9-19-31)41(45-39)32-20-10-5-11-21-32/h4-15,17-26,29,37H,16,27-28,30H2,1-3H3/t37-/m0/s1. The Morgan fingerprint density at radius 3 is 1.87 bits per heavy atom. The summed E-state index contributed by atoms with van der Waals surface area (Å²) in [6.45, 7) is 7.26. The molecule has 0 fully saturated rings. The summed E-state index contributed by atoms with van der Waals surface area (Å²) in [4.78, 5) is 4.95. The molecule has 0 radical (unpaired) electrons. The van der Waals surface area contributed by atoms with Crippen LogP contribution in [-0.4, -0.2) is 13.3 Å². The van der Waals surface area contributed by atoms with E-state index in [2.05, 4.69) is 124 Å². The first kappa shape index (κ1) is 30.9. The summed E-state index contributed by atoms with van der Waals surface area (Å²) in [5, 5.41) is 2.42. The van der Waals surface area contributed by atoms with E-state index >= 15 is 0 Å². The Bertz CT molecular complexity index is 1820. The predicted octanol–water partition coefficient (Wildman–Crippen LogP) is 9.54. The van der Waals surface area contributed by atoms with Gasteiger partial charge in [-0.3, -0.25) is 0 Å². The quantitative estimate of drug-likeness (QED) is 0.149. The average molecular weight is 636 g/mol. The van der Waals surface area contributed by atoms with E-state index in [0.29, 0.717) is 5.89 Å². The molecule has 5 aromatic carbocycles. The molecule has 1 aromatic heterocycles. The molecule has 0 N–H and O–H groups in total. The second-order valence-electron chi connectivity index (χ2n) is 13.3. The van der Waals surface area contributed by atoms with Crippen LogP contribution in [0.5, 0.6) is 5.75 Å². The molecule has 0 unspecified atom stereocenters. The third kappa shape index (κ3) is 6.09. The maximum absolute atomic E-state index is 7.52. The fourth-order valence-corrected chi connectivity index (χ4v) is 11.5. The van der Waals surface area contributed by atoms with Crippen molar-refractivity contribution in [3.63, 3.8) is 0 Å². The van der Waals surface area contributed by atoms with Gasteiger partial charge in [-0.1, -0.05) is 154 Å². The normalized spacial score (nSPS) is 14.8. The lowest BCUT2D eigenvalue weighted by Crippen LogP contribution is -2.69. The van der Waals surface area contributed by atoms with Gasteiger partial charge in [0.25, 0.3) is 0 Å². The molecule has 6 aromatic rings. The fraction of sp³-hybridized carbons (Fsp3) is 0.214. The number of ether oxygens (including phenoxy) is 1. The summed E-state index contributed by atoms with van der Waals surface area (Å²) < 4.78 is 20.6. The van der Waals surface area contributed by atoms with Gasteiger partial charge in [-0.05, 0) is 51.9 Å². The predicted molar refractivity (Wildman–Crippen MR) is 193 cm³/mol. The maximum atomic E-state index is 7.52. The Morgan fingerprint density at radius 2 is 1.28 bits per heavy atom. The Labute approximate surface area is 279 Å². The van der Waals surface area contributed by atoms with Gasteiger partial charge in [-0.25, -0.2) is 4.98 Å². The van der Waals surface area contributed by atoms with Gasteiger partial charge in [-0.2, -0.15) is 0 Å². The number of hydrogen-bond acceptors (Lipinski definition) is 4. The zero-order chi connectivity index (χ0) is 32.3. The first-order valence-electron chi connectivity index (χ1n) is 16.6. The summed E-state index contributed by atoms with van der Waals surface area (Å²) >= 11 is 0. The van der Waals surface area contributed by atoms with Crippen LogP contribution in [0.25, 0.3) is 22.6 Å². The van der Waals surface area contributed by atoms with Gasteiger partial charge in [0.05, 0.1) is 6.10 Å². The van der Waals surface area contributed by atoms with Gasteiger partial charge < -0.3 is 13.6 Å². The minimum Gasteiger partial charge on any atom is -0.534 e. The number of aromatic nitrogens is 1. The smallest absolute Gasteiger partial charge is 0.319 e. The number of oxazole rings is 1. The van der Waals surface area contributed by atoms with Crippen molar-refractivity contribution >= 4 is 18.7 Å². The van der Waals surface area contributed by atoms with E-state index in [-0.39, 0.29) is 17.7 Å². The molecule has 5 heteroatoms. The highest BCUT2D eigenvalue weighted by atomic mass is 28.4. The third-order valence-electron chi connectivity index (χ3n) is 9.25. The van der Waals surface area contributed by atoms with E-state index in [9.17, 15) is 0 Å². The van der Waals surface area contributed by atoms with Gasteiger partial charge in [-0.15, -0.1) is 0 Å². The molecule has 1 aliphatic rings. The molecule has 4 nitrogen and oxygen atoms in total. The van der Waals surface area contributed by atoms with Crippen LogP contribution < -0.4 is 14.8 Å². The monoisotopic (exact) mass is 635 g/mol. The zero-order valence-corrected chi connectivity index (χ0v) is 28.4. The van der Waals surface area contributed by atoms with E-state index in [4.69, 9.17) is 18.6 Å². The Hall–Kier alpha value is -4.71. The Kier molecular flexibility index (Phi) is 8.67. The highest BCUT2D eigenvalue weighted by Crippen LogP contribution is 2.43. The van der Waals surface area contributed by atoms with E-state index in [1.807, 2.05) is 36.4 Å². The molecular formula is C42H41NO3Si. The first-order chi connectivity index (χ1) is 22.9. The zero-order valence-electron chi connectivity index (χ0n) is 27.4. The SMILES string of the molecule is CC(C)(C)[Si](Oc1cccc2c1CCC[C@@H]2OCc1nc(-c2ccccc2)c(-c2ccccc2)o1)(c1ccccc1)c1ccccc1. The van der Waals surface area contributed by atoms with Crippen molar-refractivity contribution in [3.05, 3.63) is 157 Å². The molecule has 236 valence electrons. The molecule has 0 bridgehead atoms. The van der Waals surface area contributed by atoms with Crippen molar-refractivity contribution < 1.29 is 13.6 Å². The minimum absolute atomic E-state index is 0.0753. The number of nitrogens with zero attached hydrogens (tertiary/aromatic N) is 1. The summed E-state index contributed by atoms with van der Waals surface area (Å²) in [5.74, 6) is 2.31. The first-order valence-corrected chi connectivity index (χ1v) is 18.5. The fourth-order valence-electron chi connectivity index (χ4n) is 7.03. The molecule has 1 aliphatic carbocycles. The van der Waals surface area contributed by atoms with Gasteiger partial charge in [0.2, 0.25) is 5.89 Å². The Morgan fingerprint density at radius 1 is 0.702 bits per heavy atom. The molecule has 0 saturated heterocycles. The van der Waals surface area contributed by atoms with Crippen LogP contribution in [-0.2, 0) is 17.8 Å². The van der Waals surface area contributed by atoms with Crippen LogP contribution in [0.1, 0.15) is 56.7 Å². The molecule has 7 rings (SSSR count). The van der Waals surface area contributed by atoms with E-state index in [1.54, 1.807) is 0 Å². The van der Waals surface area contributed by atoms with Crippen LogP contribution in [0.3, 0.4) is 0 Å². The summed E-state index contributed by atoms with van der Waals surface area (Å²) in [6.07, 6.45) is 2.84. The highest BCUT2D eigenvalue weighted by Gasteiger charge is 2.52. The van der Waals surface area contributed by atoms with Gasteiger partial charge >= 0.3 is 8.32 Å². The van der Waals surface area contributed by atoms with E-state index in [1.165, 1.54) is 21.5 Å². The average Bonchev–Trinajstić information content (AvgIpc) is 3.55. The van der Waals surface area contributed by atoms with Crippen LogP contribution in [0, 0.1) is 0 Å². The van der Waals surface area contributed by atoms with Crippen LogP contribution in [0.2, 0.25) is 5.04 Å². The number of hydrogen-bond donors (Lipinski definition) is 0. The number of benzene rings is 5. The molecule has 0 spiro atoms. The Balaban J connectivity index is 1.21. The molecule has 0 aliphatic heterocycles. The highest BCUT2D eigenvalue weighted by molar-refractivity contribution is 7.00. The van der Waals surface area contributed by atoms with Crippen molar-refractivity contribution in [2.24, 2.45) is 0 Å². The number of fused-ring (bicyclic) bond motifs is 1. The lowest BCUT2D eigenvalue weighted by atomic mass is 9.89. The second-order valence-corrected chi connectivity index (χ2v) is 17.5. The lowest BCUT2D eigenvalue weighted by Gasteiger charge is -2.43. The summed E-state index contributed by atoms with van der Waals surface area (Å²) in [6, 6.07) is 48.6. The van der Waals surface area contributed by atoms with Crippen LogP contribution in [0.15, 0.2) is 144 Å². The molecule has 47 heavy (non-hydrogen) atoms. The summed E-state index contributed by atoms with van der Waals surface area (Å²) in [7, 11) is -2.78. The van der Waals surface area contributed by atoms with Crippen molar-refractivity contribution in [3.8, 4) is 28.3 Å². The number of rotatable bonds is 9. The summed E-state index contributed by atoms with van der Waals surface area (Å²) in [5.41, 5.74) is 5.30.